The van der Waals surface area contributed by atoms with Crippen LogP contribution in [0.2, 0.25) is 0 Å². The molecule has 0 radical (unpaired) electrons. The van der Waals surface area contributed by atoms with Gasteiger partial charge in [0.05, 0.1) is 11.7 Å². The molecule has 40 heavy (non-hydrogen) atoms. The van der Waals surface area contributed by atoms with Crippen molar-refractivity contribution in [1.29, 1.82) is 0 Å². The zero-order valence-electron chi connectivity index (χ0n) is 23.4. The summed E-state index contributed by atoms with van der Waals surface area (Å²) in [5.41, 5.74) is 0.995. The first-order valence-corrected chi connectivity index (χ1v) is 13.2. The van der Waals surface area contributed by atoms with Gasteiger partial charge in [0.1, 0.15) is 35.4 Å². The first kappa shape index (κ1) is 29.3. The van der Waals surface area contributed by atoms with E-state index < -0.39 is 42.1 Å². The first-order chi connectivity index (χ1) is 19.1. The minimum absolute atomic E-state index is 0.0832. The van der Waals surface area contributed by atoms with Gasteiger partial charge in [-0.3, -0.25) is 0 Å². The van der Waals surface area contributed by atoms with Crippen LogP contribution in [0.1, 0.15) is 60.4 Å². The van der Waals surface area contributed by atoms with Crippen molar-refractivity contribution >= 4 is 18.0 Å². The number of hydrogen-bond acceptors (Lipinski definition) is 9. The molecule has 5 atom stereocenters. The lowest BCUT2D eigenvalue weighted by Gasteiger charge is -2.25. The average molecular weight is 553 g/mol. The van der Waals surface area contributed by atoms with Crippen LogP contribution in [0.3, 0.4) is 0 Å². The van der Waals surface area contributed by atoms with Crippen molar-refractivity contribution in [2.45, 2.75) is 64.3 Å². The molecule has 0 amide bonds. The summed E-state index contributed by atoms with van der Waals surface area (Å²) in [5.74, 6) is -2.21. The Balaban J connectivity index is 1.73. The van der Waals surface area contributed by atoms with Gasteiger partial charge in [0.2, 0.25) is 0 Å². The van der Waals surface area contributed by atoms with E-state index in [1.54, 1.807) is 43.3 Å². The molecule has 2 heterocycles. The van der Waals surface area contributed by atoms with E-state index in [0.717, 1.165) is 0 Å². The van der Waals surface area contributed by atoms with Gasteiger partial charge < -0.3 is 33.5 Å². The van der Waals surface area contributed by atoms with E-state index in [1.807, 2.05) is 39.0 Å². The zero-order chi connectivity index (χ0) is 28.9. The van der Waals surface area contributed by atoms with Crippen LogP contribution in [0.15, 0.2) is 60.7 Å². The number of carbonyl (C=O) groups excluding carboxylic acids is 2. The second-order valence-corrected chi connectivity index (χ2v) is 10.3. The smallest absolute Gasteiger partial charge is 0.342 e. The van der Waals surface area contributed by atoms with Crippen LogP contribution in [0.5, 0.6) is 11.5 Å². The molecule has 1 fully saturated rings. The minimum atomic E-state index is -0.919. The number of esters is 2. The Hall–Kier alpha value is -3.66. The fourth-order valence-corrected chi connectivity index (χ4v) is 4.62. The normalized spacial score (nSPS) is 26.2. The Kier molecular flexibility index (Phi) is 9.29. The summed E-state index contributed by atoms with van der Waals surface area (Å²) in [6.07, 6.45) is 5.08. The Morgan fingerprint density at radius 3 is 2.58 bits per heavy atom. The summed E-state index contributed by atoms with van der Waals surface area (Å²) in [6.45, 7) is 7.16. The van der Waals surface area contributed by atoms with Gasteiger partial charge in [-0.25, -0.2) is 9.59 Å². The fraction of sp³-hybridized carbons (Fsp3) is 0.419. The number of aromatic hydroxyl groups is 1. The molecule has 214 valence electrons. The van der Waals surface area contributed by atoms with E-state index in [2.05, 4.69) is 0 Å². The molecule has 2 aromatic carbocycles. The molecule has 2 unspecified atom stereocenters. The van der Waals surface area contributed by atoms with Gasteiger partial charge in [0.15, 0.2) is 12.6 Å². The highest BCUT2D eigenvalue weighted by molar-refractivity contribution is 5.97. The van der Waals surface area contributed by atoms with Gasteiger partial charge in [0.25, 0.3) is 0 Å². The van der Waals surface area contributed by atoms with Crippen molar-refractivity contribution in [3.05, 3.63) is 77.4 Å². The summed E-state index contributed by atoms with van der Waals surface area (Å²) >= 11 is 0. The number of rotatable bonds is 5. The number of methoxy groups -OCH3 is 1. The largest absolute Gasteiger partial charge is 0.508 e. The molecular weight excluding hydrogens is 516 g/mol. The summed E-state index contributed by atoms with van der Waals surface area (Å²) in [6, 6.07) is 11.6. The third kappa shape index (κ3) is 7.10. The molecule has 1 N–H and O–H groups in total. The zero-order valence-corrected chi connectivity index (χ0v) is 23.4. The second-order valence-electron chi connectivity index (χ2n) is 10.3. The van der Waals surface area contributed by atoms with E-state index in [-0.39, 0.29) is 29.8 Å². The molecule has 0 aliphatic carbocycles. The van der Waals surface area contributed by atoms with Gasteiger partial charge in [0, 0.05) is 19.1 Å². The molecular formula is C31H36O9. The van der Waals surface area contributed by atoms with Gasteiger partial charge in [-0.15, -0.1) is 0 Å². The Morgan fingerprint density at radius 2 is 1.85 bits per heavy atom. The Bertz CT molecular complexity index is 1250. The molecule has 1 saturated heterocycles. The molecule has 0 bridgehead atoms. The second kappa shape index (κ2) is 12.7. The number of ether oxygens (including phenoxy) is 6. The van der Waals surface area contributed by atoms with Crippen LogP contribution in [0.4, 0.5) is 0 Å². The third-order valence-electron chi connectivity index (χ3n) is 6.76. The van der Waals surface area contributed by atoms with Crippen LogP contribution in [0.25, 0.3) is 6.08 Å². The predicted molar refractivity (Wildman–Crippen MR) is 147 cm³/mol. The maximum absolute atomic E-state index is 13.4. The quantitative estimate of drug-likeness (QED) is 0.301. The van der Waals surface area contributed by atoms with Gasteiger partial charge in [-0.1, -0.05) is 43.4 Å². The van der Waals surface area contributed by atoms with Crippen LogP contribution in [-0.4, -0.2) is 61.2 Å². The summed E-state index contributed by atoms with van der Waals surface area (Å²) < 4.78 is 34.8. The highest BCUT2D eigenvalue weighted by Crippen LogP contribution is 2.35. The minimum Gasteiger partial charge on any atom is -0.508 e. The Morgan fingerprint density at radius 1 is 1.10 bits per heavy atom. The van der Waals surface area contributed by atoms with Crippen LogP contribution >= 0.6 is 0 Å². The molecule has 9 nitrogen and oxygen atoms in total. The van der Waals surface area contributed by atoms with E-state index in [1.165, 1.54) is 19.2 Å². The maximum Gasteiger partial charge on any atom is 0.342 e. The number of benzene rings is 2. The van der Waals surface area contributed by atoms with Crippen LogP contribution < -0.4 is 4.74 Å². The van der Waals surface area contributed by atoms with Gasteiger partial charge in [-0.2, -0.15) is 0 Å². The van der Waals surface area contributed by atoms with Crippen LogP contribution in [0, 0.1) is 5.92 Å². The number of phenolic OH excluding ortho intramolecular Hbond substituents is 1. The number of carbonyl (C=O) groups is 2. The third-order valence-corrected chi connectivity index (χ3v) is 6.76. The highest BCUT2D eigenvalue weighted by Gasteiger charge is 2.45. The van der Waals surface area contributed by atoms with E-state index in [4.69, 9.17) is 28.4 Å². The molecule has 0 spiro atoms. The van der Waals surface area contributed by atoms with Gasteiger partial charge in [-0.05, 0) is 57.0 Å². The van der Waals surface area contributed by atoms with E-state index >= 15 is 0 Å². The van der Waals surface area contributed by atoms with E-state index in [0.29, 0.717) is 17.5 Å². The van der Waals surface area contributed by atoms with Crippen molar-refractivity contribution in [1.82, 2.24) is 0 Å². The van der Waals surface area contributed by atoms with Crippen LogP contribution in [-0.2, 0) is 23.7 Å². The lowest BCUT2D eigenvalue weighted by atomic mass is 9.98. The SMILES string of the molecule is COCOc1cc(O)cc2c1C(=O)O[C@@H](C)[C@H](C)C=CC(OC(=O)c1ccccc1)C1OC(C)(C)O[C@H]1CC=C2. The number of cyclic esters (lactones) is 1. The van der Waals surface area contributed by atoms with Crippen molar-refractivity contribution in [2.75, 3.05) is 13.9 Å². The van der Waals surface area contributed by atoms with Gasteiger partial charge >= 0.3 is 11.9 Å². The number of hydrogen-bond donors (Lipinski definition) is 1. The lowest BCUT2D eigenvalue weighted by molar-refractivity contribution is -0.152. The molecule has 9 heteroatoms. The summed E-state index contributed by atoms with van der Waals surface area (Å²) in [7, 11) is 1.46. The first-order valence-electron chi connectivity index (χ1n) is 13.2. The topological polar surface area (TPSA) is 110 Å². The van der Waals surface area contributed by atoms with Crippen molar-refractivity contribution in [3.8, 4) is 11.5 Å². The van der Waals surface area contributed by atoms with Crippen molar-refractivity contribution < 1.29 is 43.1 Å². The molecule has 2 aliphatic heterocycles. The number of phenols is 1. The average Bonchev–Trinajstić information content (AvgIpc) is 3.22. The number of fused-ring (bicyclic) bond motifs is 2. The molecule has 2 aliphatic rings. The Labute approximate surface area is 234 Å². The van der Waals surface area contributed by atoms with E-state index in [9.17, 15) is 14.7 Å². The standard InChI is InChI=1S/C31H36O9/c1-19-14-15-24(38-29(33)21-10-7-6-8-11-21)28-25(39-31(3,4)40-28)13-9-12-22-16-23(32)17-26(36-18-35-5)27(22)30(34)37-20(19)2/h6-12,14-17,19-20,24-25,28,32H,13,18H2,1-5H3/t19-,20+,24?,25+,28?/m1/s1. The highest BCUT2D eigenvalue weighted by atomic mass is 16.8. The fourth-order valence-electron chi connectivity index (χ4n) is 4.62. The molecule has 4 rings (SSSR count). The molecule has 0 saturated carbocycles. The summed E-state index contributed by atoms with van der Waals surface area (Å²) in [4.78, 5) is 26.4. The molecule has 2 aromatic rings. The van der Waals surface area contributed by atoms with Crippen molar-refractivity contribution in [2.24, 2.45) is 5.92 Å². The predicted octanol–water partition coefficient (Wildman–Crippen LogP) is 5.28. The monoisotopic (exact) mass is 552 g/mol. The summed E-state index contributed by atoms with van der Waals surface area (Å²) in [5, 5.41) is 10.3. The lowest BCUT2D eigenvalue weighted by Crippen LogP contribution is -2.37. The van der Waals surface area contributed by atoms with Crippen molar-refractivity contribution in [3.63, 3.8) is 0 Å². The maximum atomic E-state index is 13.4. The molecule has 0 aromatic heterocycles.